The van der Waals surface area contributed by atoms with Gasteiger partial charge in [0.2, 0.25) is 0 Å². The van der Waals surface area contributed by atoms with Crippen molar-refractivity contribution >= 4 is 11.6 Å². The molecule has 1 aromatic carbocycles. The molecule has 0 aromatic heterocycles. The van der Waals surface area contributed by atoms with Crippen molar-refractivity contribution in [1.82, 2.24) is 0 Å². The molecule has 1 aromatic rings. The molecule has 0 saturated heterocycles. The molecule has 1 N–H and O–H groups in total. The van der Waals surface area contributed by atoms with Gasteiger partial charge in [-0.05, 0) is 43.5 Å². The van der Waals surface area contributed by atoms with Gasteiger partial charge in [0.1, 0.15) is 5.75 Å². The standard InChI is InChI=1S/C12H17ClO2/c1-7-8(2)11(15-4)6-5-10(7)12(14)9(3)13/h5-6,9,12,14H,1-4H3. The summed E-state index contributed by atoms with van der Waals surface area (Å²) in [5, 5.41) is 9.60. The first kappa shape index (κ1) is 12.3. The Morgan fingerprint density at radius 2 is 1.87 bits per heavy atom. The number of hydrogen-bond acceptors (Lipinski definition) is 2. The Kier molecular flexibility index (Phi) is 4.00. The number of rotatable bonds is 3. The van der Waals surface area contributed by atoms with E-state index in [0.29, 0.717) is 0 Å². The second kappa shape index (κ2) is 4.86. The zero-order valence-electron chi connectivity index (χ0n) is 9.54. The molecular weight excluding hydrogens is 212 g/mol. The average molecular weight is 229 g/mol. The maximum Gasteiger partial charge on any atom is 0.122 e. The number of methoxy groups -OCH3 is 1. The van der Waals surface area contributed by atoms with Gasteiger partial charge in [-0.25, -0.2) is 0 Å². The van der Waals surface area contributed by atoms with Gasteiger partial charge in [0.05, 0.1) is 18.6 Å². The van der Waals surface area contributed by atoms with Gasteiger partial charge in [0.15, 0.2) is 0 Å². The van der Waals surface area contributed by atoms with Gasteiger partial charge in [-0.15, -0.1) is 11.6 Å². The number of alkyl halides is 1. The molecule has 0 aliphatic carbocycles. The molecule has 0 spiro atoms. The molecule has 0 radical (unpaired) electrons. The van der Waals surface area contributed by atoms with Crippen LogP contribution < -0.4 is 4.74 Å². The van der Waals surface area contributed by atoms with Gasteiger partial charge in [-0.2, -0.15) is 0 Å². The predicted octanol–water partition coefficient (Wildman–Crippen LogP) is 2.97. The van der Waals surface area contributed by atoms with E-state index in [2.05, 4.69) is 0 Å². The van der Waals surface area contributed by atoms with Gasteiger partial charge in [0, 0.05) is 0 Å². The third kappa shape index (κ3) is 2.44. The summed E-state index contributed by atoms with van der Waals surface area (Å²) in [6.45, 7) is 5.73. The van der Waals surface area contributed by atoms with E-state index in [1.807, 2.05) is 26.0 Å². The van der Waals surface area contributed by atoms with E-state index in [9.17, 15) is 5.11 Å². The van der Waals surface area contributed by atoms with Crippen molar-refractivity contribution in [2.45, 2.75) is 32.3 Å². The molecule has 0 aliphatic rings. The molecule has 0 heterocycles. The molecule has 0 aliphatic heterocycles. The van der Waals surface area contributed by atoms with Crippen molar-refractivity contribution in [3.63, 3.8) is 0 Å². The molecule has 1 rings (SSSR count). The first-order valence-corrected chi connectivity index (χ1v) is 5.39. The maximum absolute atomic E-state index is 9.89. The van der Waals surface area contributed by atoms with Crippen LogP contribution in [0.5, 0.6) is 5.75 Å². The molecule has 0 amide bonds. The van der Waals surface area contributed by atoms with Crippen LogP contribution in [0.25, 0.3) is 0 Å². The average Bonchev–Trinajstić information content (AvgIpc) is 2.21. The Hall–Kier alpha value is -0.730. The number of aliphatic hydroxyl groups is 1. The molecule has 2 unspecified atom stereocenters. The molecule has 2 atom stereocenters. The van der Waals surface area contributed by atoms with Crippen molar-refractivity contribution in [3.05, 3.63) is 28.8 Å². The van der Waals surface area contributed by atoms with Crippen LogP contribution in [0.3, 0.4) is 0 Å². The Morgan fingerprint density at radius 1 is 1.27 bits per heavy atom. The van der Waals surface area contributed by atoms with E-state index >= 15 is 0 Å². The number of halogens is 1. The van der Waals surface area contributed by atoms with E-state index < -0.39 is 6.10 Å². The largest absolute Gasteiger partial charge is 0.496 e. The second-order valence-electron chi connectivity index (χ2n) is 3.73. The number of benzene rings is 1. The fourth-order valence-electron chi connectivity index (χ4n) is 1.61. The van der Waals surface area contributed by atoms with Gasteiger partial charge in [0.25, 0.3) is 0 Å². The fourth-order valence-corrected chi connectivity index (χ4v) is 1.74. The maximum atomic E-state index is 9.89. The summed E-state index contributed by atoms with van der Waals surface area (Å²) < 4.78 is 5.21. The SMILES string of the molecule is COc1ccc(C(O)C(C)Cl)c(C)c1C. The summed E-state index contributed by atoms with van der Waals surface area (Å²) in [7, 11) is 1.64. The number of ether oxygens (including phenoxy) is 1. The highest BCUT2D eigenvalue weighted by molar-refractivity contribution is 6.20. The molecule has 0 saturated carbocycles. The number of hydrogen-bond donors (Lipinski definition) is 1. The van der Waals surface area contributed by atoms with Crippen LogP contribution in [-0.4, -0.2) is 17.6 Å². The highest BCUT2D eigenvalue weighted by atomic mass is 35.5. The smallest absolute Gasteiger partial charge is 0.122 e. The lowest BCUT2D eigenvalue weighted by molar-refractivity contribution is 0.176. The van der Waals surface area contributed by atoms with Gasteiger partial charge >= 0.3 is 0 Å². The Morgan fingerprint density at radius 3 is 2.33 bits per heavy atom. The molecule has 3 heteroatoms. The van der Waals surface area contributed by atoms with Gasteiger partial charge in [-0.1, -0.05) is 6.07 Å². The van der Waals surface area contributed by atoms with Crippen molar-refractivity contribution in [1.29, 1.82) is 0 Å². The fraction of sp³-hybridized carbons (Fsp3) is 0.500. The van der Waals surface area contributed by atoms with Crippen LogP contribution in [0.15, 0.2) is 12.1 Å². The first-order chi connectivity index (χ1) is 6.99. The Balaban J connectivity index is 3.17. The Bertz CT molecular complexity index is 348. The number of aliphatic hydroxyl groups excluding tert-OH is 1. The summed E-state index contributed by atoms with van der Waals surface area (Å²) in [6.07, 6.45) is -0.628. The minimum absolute atomic E-state index is 0.295. The molecule has 84 valence electrons. The van der Waals surface area contributed by atoms with Crippen LogP contribution in [0.1, 0.15) is 29.7 Å². The van der Waals surface area contributed by atoms with Crippen LogP contribution >= 0.6 is 11.6 Å². The lowest BCUT2D eigenvalue weighted by Gasteiger charge is -2.18. The molecule has 0 bridgehead atoms. The van der Waals surface area contributed by atoms with Crippen LogP contribution in [0.4, 0.5) is 0 Å². The second-order valence-corrected chi connectivity index (χ2v) is 4.42. The predicted molar refractivity (Wildman–Crippen MR) is 62.7 cm³/mol. The highest BCUT2D eigenvalue weighted by Gasteiger charge is 2.17. The van der Waals surface area contributed by atoms with E-state index in [0.717, 1.165) is 22.4 Å². The van der Waals surface area contributed by atoms with E-state index in [4.69, 9.17) is 16.3 Å². The topological polar surface area (TPSA) is 29.5 Å². The lowest BCUT2D eigenvalue weighted by atomic mass is 9.97. The van der Waals surface area contributed by atoms with Crippen LogP contribution in [-0.2, 0) is 0 Å². The van der Waals surface area contributed by atoms with Crippen molar-refractivity contribution in [3.8, 4) is 5.75 Å². The summed E-state index contributed by atoms with van der Waals surface area (Å²) in [5.41, 5.74) is 2.96. The third-order valence-corrected chi connectivity index (χ3v) is 2.99. The van der Waals surface area contributed by atoms with Crippen molar-refractivity contribution in [2.24, 2.45) is 0 Å². The van der Waals surface area contributed by atoms with Crippen LogP contribution in [0.2, 0.25) is 0 Å². The first-order valence-electron chi connectivity index (χ1n) is 4.95. The van der Waals surface area contributed by atoms with E-state index in [-0.39, 0.29) is 5.38 Å². The van der Waals surface area contributed by atoms with Gasteiger partial charge in [-0.3, -0.25) is 0 Å². The summed E-state index contributed by atoms with van der Waals surface area (Å²) >= 11 is 5.88. The zero-order chi connectivity index (χ0) is 11.6. The minimum atomic E-state index is -0.628. The summed E-state index contributed by atoms with van der Waals surface area (Å²) in [4.78, 5) is 0. The molecular formula is C12H17ClO2. The van der Waals surface area contributed by atoms with Crippen molar-refractivity contribution < 1.29 is 9.84 Å². The summed E-state index contributed by atoms with van der Waals surface area (Å²) in [6, 6.07) is 3.73. The Labute approximate surface area is 95.8 Å². The quantitative estimate of drug-likeness (QED) is 0.806. The van der Waals surface area contributed by atoms with E-state index in [1.165, 1.54) is 0 Å². The highest BCUT2D eigenvalue weighted by Crippen LogP contribution is 2.30. The monoisotopic (exact) mass is 228 g/mol. The molecule has 0 fully saturated rings. The molecule has 2 nitrogen and oxygen atoms in total. The lowest BCUT2D eigenvalue weighted by Crippen LogP contribution is -2.10. The van der Waals surface area contributed by atoms with E-state index in [1.54, 1.807) is 14.0 Å². The van der Waals surface area contributed by atoms with Crippen LogP contribution in [0, 0.1) is 13.8 Å². The van der Waals surface area contributed by atoms with Gasteiger partial charge < -0.3 is 9.84 Å². The zero-order valence-corrected chi connectivity index (χ0v) is 10.3. The summed E-state index contributed by atoms with van der Waals surface area (Å²) in [5.74, 6) is 0.839. The third-order valence-electron chi connectivity index (χ3n) is 2.75. The molecule has 15 heavy (non-hydrogen) atoms. The minimum Gasteiger partial charge on any atom is -0.496 e. The normalized spacial score (nSPS) is 14.8. The van der Waals surface area contributed by atoms with Crippen molar-refractivity contribution in [2.75, 3.05) is 7.11 Å².